The van der Waals surface area contributed by atoms with Crippen LogP contribution in [0.3, 0.4) is 0 Å². The maximum atomic E-state index is 12.8. The molecule has 1 N–H and O–H groups in total. The first-order valence-electron chi connectivity index (χ1n) is 6.35. The predicted octanol–water partition coefficient (Wildman–Crippen LogP) is 5.92. The van der Waals surface area contributed by atoms with Gasteiger partial charge in [-0.3, -0.25) is 0 Å². The SMILES string of the molecule is CNc1ccc(Sc2cc(C(F)(F)F)cc(C(F)(F)F)c2)cc1. The maximum absolute atomic E-state index is 12.8. The Morgan fingerprint density at radius 3 is 1.61 bits per heavy atom. The molecule has 0 aromatic heterocycles. The van der Waals surface area contributed by atoms with Crippen molar-refractivity contribution in [1.29, 1.82) is 0 Å². The summed E-state index contributed by atoms with van der Waals surface area (Å²) >= 11 is 0.840. The third kappa shape index (κ3) is 4.57. The van der Waals surface area contributed by atoms with E-state index in [1.165, 1.54) is 0 Å². The van der Waals surface area contributed by atoms with E-state index in [-0.39, 0.29) is 11.0 Å². The van der Waals surface area contributed by atoms with Gasteiger partial charge in [0.25, 0.3) is 0 Å². The van der Waals surface area contributed by atoms with Crippen molar-refractivity contribution in [2.24, 2.45) is 0 Å². The van der Waals surface area contributed by atoms with Gasteiger partial charge in [0.1, 0.15) is 0 Å². The zero-order valence-corrected chi connectivity index (χ0v) is 12.5. The van der Waals surface area contributed by atoms with E-state index in [9.17, 15) is 26.3 Å². The Morgan fingerprint density at radius 2 is 1.22 bits per heavy atom. The summed E-state index contributed by atoms with van der Waals surface area (Å²) in [6, 6.07) is 8.14. The molecule has 2 rings (SSSR count). The molecule has 0 atom stereocenters. The molecular weight excluding hydrogens is 340 g/mol. The number of alkyl halides is 6. The molecule has 0 fully saturated rings. The van der Waals surface area contributed by atoms with Crippen molar-refractivity contribution in [3.8, 4) is 0 Å². The molecule has 0 bridgehead atoms. The second-order valence-corrected chi connectivity index (χ2v) is 5.76. The molecule has 2 aromatic rings. The van der Waals surface area contributed by atoms with Crippen LogP contribution in [0, 0.1) is 0 Å². The van der Waals surface area contributed by atoms with Crippen LogP contribution >= 0.6 is 11.8 Å². The van der Waals surface area contributed by atoms with Crippen molar-refractivity contribution in [3.05, 3.63) is 53.6 Å². The summed E-state index contributed by atoms with van der Waals surface area (Å²) in [5, 5.41) is 2.87. The van der Waals surface area contributed by atoms with E-state index in [0.717, 1.165) is 17.4 Å². The molecule has 0 aliphatic carbocycles. The number of hydrogen-bond acceptors (Lipinski definition) is 2. The summed E-state index contributed by atoms with van der Waals surface area (Å²) in [6.45, 7) is 0. The lowest BCUT2D eigenvalue weighted by atomic mass is 10.1. The highest BCUT2D eigenvalue weighted by atomic mass is 32.2. The minimum absolute atomic E-state index is 0.119. The van der Waals surface area contributed by atoms with Crippen molar-refractivity contribution in [1.82, 2.24) is 0 Å². The smallest absolute Gasteiger partial charge is 0.388 e. The van der Waals surface area contributed by atoms with Crippen LogP contribution in [0.2, 0.25) is 0 Å². The van der Waals surface area contributed by atoms with Crippen LogP contribution in [0.1, 0.15) is 11.1 Å². The van der Waals surface area contributed by atoms with E-state index in [1.54, 1.807) is 31.3 Å². The van der Waals surface area contributed by atoms with Gasteiger partial charge in [-0.05, 0) is 42.5 Å². The second-order valence-electron chi connectivity index (χ2n) is 4.62. The molecule has 0 heterocycles. The van der Waals surface area contributed by atoms with Gasteiger partial charge >= 0.3 is 12.4 Å². The Morgan fingerprint density at radius 1 is 0.739 bits per heavy atom. The highest BCUT2D eigenvalue weighted by Crippen LogP contribution is 2.40. The fraction of sp³-hybridized carbons (Fsp3) is 0.200. The molecule has 2 aromatic carbocycles. The van der Waals surface area contributed by atoms with Crippen molar-refractivity contribution < 1.29 is 26.3 Å². The quantitative estimate of drug-likeness (QED) is 0.689. The number of anilines is 1. The van der Waals surface area contributed by atoms with Gasteiger partial charge in [-0.1, -0.05) is 11.8 Å². The topological polar surface area (TPSA) is 12.0 Å². The lowest BCUT2D eigenvalue weighted by Crippen LogP contribution is -2.10. The number of benzene rings is 2. The molecule has 0 aliphatic heterocycles. The summed E-state index contributed by atoms with van der Waals surface area (Å²) in [7, 11) is 1.70. The molecule has 0 saturated carbocycles. The summed E-state index contributed by atoms with van der Waals surface area (Å²) in [4.78, 5) is 0.417. The summed E-state index contributed by atoms with van der Waals surface area (Å²) in [5.74, 6) is 0. The molecule has 0 spiro atoms. The van der Waals surface area contributed by atoms with Crippen LogP contribution in [-0.2, 0) is 12.4 Å². The molecular formula is C15H11F6NS. The zero-order chi connectivity index (χ0) is 17.3. The van der Waals surface area contributed by atoms with Gasteiger partial charge in [0.15, 0.2) is 0 Å². The molecule has 0 unspecified atom stereocenters. The monoisotopic (exact) mass is 351 g/mol. The first-order chi connectivity index (χ1) is 10.6. The minimum Gasteiger partial charge on any atom is -0.388 e. The normalized spacial score (nSPS) is 12.3. The Kier molecular flexibility index (Phi) is 4.84. The molecule has 0 amide bonds. The number of hydrogen-bond donors (Lipinski definition) is 1. The number of nitrogens with one attached hydrogen (secondary N) is 1. The summed E-state index contributed by atoms with van der Waals surface area (Å²) < 4.78 is 76.7. The summed E-state index contributed by atoms with van der Waals surface area (Å²) in [5.41, 5.74) is -1.85. The molecule has 8 heteroatoms. The van der Waals surface area contributed by atoms with Crippen molar-refractivity contribution in [2.75, 3.05) is 12.4 Å². The summed E-state index contributed by atoms with van der Waals surface area (Å²) in [6.07, 6.45) is -9.68. The largest absolute Gasteiger partial charge is 0.416 e. The molecule has 0 aliphatic rings. The van der Waals surface area contributed by atoms with Gasteiger partial charge in [0.2, 0.25) is 0 Å². The fourth-order valence-electron chi connectivity index (χ4n) is 1.81. The Hall–Kier alpha value is -1.83. The van der Waals surface area contributed by atoms with Gasteiger partial charge in [-0.15, -0.1) is 0 Å². The van der Waals surface area contributed by atoms with Gasteiger partial charge in [-0.2, -0.15) is 26.3 Å². The highest BCUT2D eigenvalue weighted by Gasteiger charge is 2.36. The lowest BCUT2D eigenvalue weighted by molar-refractivity contribution is -0.143. The molecule has 23 heavy (non-hydrogen) atoms. The van der Waals surface area contributed by atoms with Crippen LogP contribution in [0.25, 0.3) is 0 Å². The maximum Gasteiger partial charge on any atom is 0.416 e. The number of rotatable bonds is 3. The van der Waals surface area contributed by atoms with Crippen LogP contribution in [-0.4, -0.2) is 7.05 Å². The van der Waals surface area contributed by atoms with E-state index in [2.05, 4.69) is 5.32 Å². The van der Waals surface area contributed by atoms with Crippen molar-refractivity contribution in [2.45, 2.75) is 22.1 Å². The third-order valence-electron chi connectivity index (χ3n) is 2.94. The van der Waals surface area contributed by atoms with E-state index in [1.807, 2.05) is 0 Å². The van der Waals surface area contributed by atoms with Crippen molar-refractivity contribution >= 4 is 17.4 Å². The van der Waals surface area contributed by atoms with Gasteiger partial charge in [0, 0.05) is 22.5 Å². The Balaban J connectivity index is 2.40. The Labute approximate surface area is 132 Å². The first-order valence-corrected chi connectivity index (χ1v) is 7.16. The number of halogens is 6. The van der Waals surface area contributed by atoms with Gasteiger partial charge in [0.05, 0.1) is 11.1 Å². The molecule has 0 radical (unpaired) electrons. The predicted molar refractivity (Wildman–Crippen MR) is 76.6 cm³/mol. The van der Waals surface area contributed by atoms with Crippen LogP contribution < -0.4 is 5.32 Å². The fourth-order valence-corrected chi connectivity index (χ4v) is 2.73. The Bertz CT molecular complexity index is 644. The first kappa shape index (κ1) is 17.5. The minimum atomic E-state index is -4.84. The van der Waals surface area contributed by atoms with E-state index >= 15 is 0 Å². The van der Waals surface area contributed by atoms with Gasteiger partial charge < -0.3 is 5.32 Å². The lowest BCUT2D eigenvalue weighted by Gasteiger charge is -2.14. The average Bonchev–Trinajstić information content (AvgIpc) is 2.46. The van der Waals surface area contributed by atoms with E-state index in [0.29, 0.717) is 17.0 Å². The van der Waals surface area contributed by atoms with Crippen LogP contribution in [0.5, 0.6) is 0 Å². The van der Waals surface area contributed by atoms with Crippen molar-refractivity contribution in [3.63, 3.8) is 0 Å². The van der Waals surface area contributed by atoms with Crippen LogP contribution in [0.4, 0.5) is 32.0 Å². The van der Waals surface area contributed by atoms with E-state index in [4.69, 9.17) is 0 Å². The second kappa shape index (κ2) is 6.35. The third-order valence-corrected chi connectivity index (χ3v) is 3.92. The molecule has 0 saturated heterocycles. The van der Waals surface area contributed by atoms with Gasteiger partial charge in [-0.25, -0.2) is 0 Å². The molecule has 124 valence electrons. The van der Waals surface area contributed by atoms with E-state index < -0.39 is 23.5 Å². The van der Waals surface area contributed by atoms with Crippen LogP contribution in [0.15, 0.2) is 52.3 Å². The average molecular weight is 351 g/mol. The zero-order valence-electron chi connectivity index (χ0n) is 11.7. The highest BCUT2D eigenvalue weighted by molar-refractivity contribution is 7.99. The standard InChI is InChI=1S/C15H11F6NS/c1-22-11-2-4-12(5-3-11)23-13-7-9(14(16,17)18)6-10(8-13)15(19,20)21/h2-8,22H,1H3. The molecule has 1 nitrogen and oxygen atoms in total.